The molecule has 1 aliphatic heterocycles. The first kappa shape index (κ1) is 17.2. The molecule has 3 amide bonds. The van der Waals surface area contributed by atoms with Crippen molar-refractivity contribution in [2.24, 2.45) is 0 Å². The van der Waals surface area contributed by atoms with Crippen molar-refractivity contribution in [3.63, 3.8) is 0 Å². The average Bonchev–Trinajstić information content (AvgIpc) is 2.96. The standard InChI is InChI=1S/C19H13N5O4/c20-16-15-12(17(26)23-19(15)28)9-14(25)24(16)11-5-3-4-10(8-11)22-18(27)13-6-1-2-7-21-13/h1-9H,20H2,(H,22,27)(H,23,26,28). The van der Waals surface area contributed by atoms with Crippen LogP contribution in [0.3, 0.4) is 0 Å². The van der Waals surface area contributed by atoms with Gasteiger partial charge in [-0.25, -0.2) is 0 Å². The summed E-state index contributed by atoms with van der Waals surface area (Å²) in [5.41, 5.74) is 6.31. The van der Waals surface area contributed by atoms with Gasteiger partial charge in [0.25, 0.3) is 23.3 Å². The third-order valence-corrected chi connectivity index (χ3v) is 4.21. The highest BCUT2D eigenvalue weighted by atomic mass is 16.2. The Balaban J connectivity index is 1.74. The van der Waals surface area contributed by atoms with Crippen molar-refractivity contribution in [2.45, 2.75) is 0 Å². The molecule has 0 atom stereocenters. The largest absolute Gasteiger partial charge is 0.384 e. The van der Waals surface area contributed by atoms with Crippen LogP contribution < -0.4 is 21.9 Å². The third-order valence-electron chi connectivity index (χ3n) is 4.21. The van der Waals surface area contributed by atoms with Crippen LogP contribution in [0.4, 0.5) is 11.5 Å². The minimum absolute atomic E-state index is 0.0486. The SMILES string of the molecule is Nc1c2c(cc(=O)n1-c1cccc(NC(=O)c3ccccn3)c1)C(=O)NC2=O. The van der Waals surface area contributed by atoms with Crippen molar-refractivity contribution in [1.29, 1.82) is 0 Å². The zero-order chi connectivity index (χ0) is 19.8. The van der Waals surface area contributed by atoms with E-state index >= 15 is 0 Å². The lowest BCUT2D eigenvalue weighted by atomic mass is 10.1. The molecule has 138 valence electrons. The van der Waals surface area contributed by atoms with Gasteiger partial charge in [0.1, 0.15) is 11.5 Å². The maximum Gasteiger partial charge on any atom is 0.274 e. The van der Waals surface area contributed by atoms with Crippen LogP contribution in [0.1, 0.15) is 31.2 Å². The highest BCUT2D eigenvalue weighted by Crippen LogP contribution is 2.24. The summed E-state index contributed by atoms with van der Waals surface area (Å²) >= 11 is 0. The van der Waals surface area contributed by atoms with Crippen LogP contribution in [0.15, 0.2) is 59.5 Å². The molecule has 0 radical (unpaired) electrons. The number of hydrogen-bond acceptors (Lipinski definition) is 6. The molecule has 0 saturated carbocycles. The number of aromatic nitrogens is 2. The van der Waals surface area contributed by atoms with E-state index < -0.39 is 23.3 Å². The predicted octanol–water partition coefficient (Wildman–Crippen LogP) is 0.951. The lowest BCUT2D eigenvalue weighted by Gasteiger charge is -2.13. The van der Waals surface area contributed by atoms with Crippen LogP contribution in [-0.4, -0.2) is 27.3 Å². The van der Waals surface area contributed by atoms with Crippen molar-refractivity contribution < 1.29 is 14.4 Å². The Morgan fingerprint density at radius 2 is 1.86 bits per heavy atom. The number of nitrogens with one attached hydrogen (secondary N) is 2. The predicted molar refractivity (Wildman–Crippen MR) is 100 cm³/mol. The molecule has 0 bridgehead atoms. The number of nitrogens with zero attached hydrogens (tertiary/aromatic N) is 2. The van der Waals surface area contributed by atoms with E-state index in [4.69, 9.17) is 5.73 Å². The number of pyridine rings is 2. The smallest absolute Gasteiger partial charge is 0.274 e. The zero-order valence-corrected chi connectivity index (χ0v) is 14.3. The summed E-state index contributed by atoms with van der Waals surface area (Å²) < 4.78 is 1.10. The Kier molecular flexibility index (Phi) is 3.96. The second kappa shape index (κ2) is 6.47. The Hall–Kier alpha value is -4.27. The molecule has 0 aliphatic carbocycles. The van der Waals surface area contributed by atoms with Crippen LogP contribution in [0.25, 0.3) is 5.69 Å². The summed E-state index contributed by atoms with van der Waals surface area (Å²) in [6.45, 7) is 0. The van der Waals surface area contributed by atoms with Crippen molar-refractivity contribution in [1.82, 2.24) is 14.9 Å². The topological polar surface area (TPSA) is 136 Å². The van der Waals surface area contributed by atoms with E-state index in [2.05, 4.69) is 15.6 Å². The van der Waals surface area contributed by atoms with Gasteiger partial charge in [-0.05, 0) is 30.3 Å². The Morgan fingerprint density at radius 3 is 2.61 bits per heavy atom. The molecule has 2 aromatic heterocycles. The van der Waals surface area contributed by atoms with Gasteiger partial charge in [-0.15, -0.1) is 0 Å². The van der Waals surface area contributed by atoms with E-state index in [1.165, 1.54) is 12.3 Å². The summed E-state index contributed by atoms with van der Waals surface area (Å²) in [5, 5.41) is 4.80. The molecule has 3 heterocycles. The van der Waals surface area contributed by atoms with Gasteiger partial charge in [-0.3, -0.25) is 34.0 Å². The maximum atomic E-state index is 12.5. The fourth-order valence-electron chi connectivity index (χ4n) is 2.96. The molecule has 28 heavy (non-hydrogen) atoms. The van der Waals surface area contributed by atoms with Crippen LogP contribution >= 0.6 is 0 Å². The molecule has 0 saturated heterocycles. The summed E-state index contributed by atoms with van der Waals surface area (Å²) in [6.07, 6.45) is 1.50. The number of benzene rings is 1. The summed E-state index contributed by atoms with van der Waals surface area (Å²) in [7, 11) is 0. The molecule has 1 aliphatic rings. The lowest BCUT2D eigenvalue weighted by Crippen LogP contribution is -2.24. The Labute approximate surface area is 157 Å². The van der Waals surface area contributed by atoms with Crippen molar-refractivity contribution in [3.05, 3.63) is 81.9 Å². The van der Waals surface area contributed by atoms with Gasteiger partial charge < -0.3 is 11.1 Å². The van der Waals surface area contributed by atoms with Crippen molar-refractivity contribution in [3.8, 4) is 5.69 Å². The molecule has 0 spiro atoms. The number of nitrogen functional groups attached to an aromatic ring is 1. The molecule has 1 aromatic carbocycles. The molecule has 4 N–H and O–H groups in total. The van der Waals surface area contributed by atoms with Crippen LogP contribution in [-0.2, 0) is 0 Å². The number of hydrogen-bond donors (Lipinski definition) is 3. The van der Waals surface area contributed by atoms with Crippen LogP contribution in [0, 0.1) is 0 Å². The lowest BCUT2D eigenvalue weighted by molar-refractivity contribution is 0.0879. The third kappa shape index (κ3) is 2.80. The minimum Gasteiger partial charge on any atom is -0.384 e. The molecular formula is C19H13N5O4. The monoisotopic (exact) mass is 375 g/mol. The molecule has 0 fully saturated rings. The Morgan fingerprint density at radius 1 is 1.04 bits per heavy atom. The first-order valence-electron chi connectivity index (χ1n) is 8.20. The number of carbonyl (C=O) groups excluding carboxylic acids is 3. The molecule has 0 unspecified atom stereocenters. The number of amides is 3. The normalized spacial score (nSPS) is 12.4. The highest BCUT2D eigenvalue weighted by Gasteiger charge is 2.31. The number of carbonyl (C=O) groups is 3. The average molecular weight is 375 g/mol. The molecule has 9 heteroatoms. The second-order valence-corrected chi connectivity index (χ2v) is 5.99. The molecule has 3 aromatic rings. The number of imide groups is 1. The van der Waals surface area contributed by atoms with Gasteiger partial charge in [0, 0.05) is 18.0 Å². The minimum atomic E-state index is -0.661. The molecule has 4 rings (SSSR count). The van der Waals surface area contributed by atoms with E-state index in [-0.39, 0.29) is 22.6 Å². The first-order chi connectivity index (χ1) is 13.5. The second-order valence-electron chi connectivity index (χ2n) is 5.99. The van der Waals surface area contributed by atoms with E-state index in [1.54, 1.807) is 36.4 Å². The first-order valence-corrected chi connectivity index (χ1v) is 8.20. The summed E-state index contributed by atoms with van der Waals surface area (Å²) in [5.74, 6) is -1.89. The van der Waals surface area contributed by atoms with Gasteiger partial charge in [-0.1, -0.05) is 12.1 Å². The fourth-order valence-corrected chi connectivity index (χ4v) is 2.96. The van der Waals surface area contributed by atoms with Gasteiger partial charge in [-0.2, -0.15) is 0 Å². The van der Waals surface area contributed by atoms with E-state index in [1.807, 2.05) is 0 Å². The Bertz CT molecular complexity index is 1200. The number of nitrogens with two attached hydrogens (primary N) is 1. The van der Waals surface area contributed by atoms with Crippen molar-refractivity contribution in [2.75, 3.05) is 11.1 Å². The number of fused-ring (bicyclic) bond motifs is 1. The van der Waals surface area contributed by atoms with E-state index in [0.29, 0.717) is 11.4 Å². The highest BCUT2D eigenvalue weighted by molar-refractivity contribution is 6.23. The van der Waals surface area contributed by atoms with Gasteiger partial charge in [0.2, 0.25) is 0 Å². The molecule has 9 nitrogen and oxygen atoms in total. The summed E-state index contributed by atoms with van der Waals surface area (Å²) in [4.78, 5) is 52.5. The van der Waals surface area contributed by atoms with Crippen molar-refractivity contribution >= 4 is 29.2 Å². The van der Waals surface area contributed by atoms with Gasteiger partial charge >= 0.3 is 0 Å². The maximum absolute atomic E-state index is 12.5. The zero-order valence-electron chi connectivity index (χ0n) is 14.3. The number of anilines is 2. The van der Waals surface area contributed by atoms with Crippen LogP contribution in [0.5, 0.6) is 0 Å². The van der Waals surface area contributed by atoms with Gasteiger partial charge in [0.05, 0.1) is 16.8 Å². The van der Waals surface area contributed by atoms with E-state index in [0.717, 1.165) is 10.6 Å². The quantitative estimate of drug-likeness (QED) is 0.583. The molecular weight excluding hydrogens is 362 g/mol. The van der Waals surface area contributed by atoms with E-state index in [9.17, 15) is 19.2 Å². The van der Waals surface area contributed by atoms with Crippen LogP contribution in [0.2, 0.25) is 0 Å². The fraction of sp³-hybridized carbons (Fsp3) is 0. The van der Waals surface area contributed by atoms with Gasteiger partial charge in [0.15, 0.2) is 0 Å². The summed E-state index contributed by atoms with van der Waals surface area (Å²) in [6, 6.07) is 12.4. The number of rotatable bonds is 3.